The van der Waals surface area contributed by atoms with Crippen molar-refractivity contribution in [3.63, 3.8) is 0 Å². The second-order valence-electron chi connectivity index (χ2n) is 5.43. The first-order valence-corrected chi connectivity index (χ1v) is 7.58. The van der Waals surface area contributed by atoms with Crippen LogP contribution in [0.15, 0.2) is 54.6 Å². The number of nitrogens with one attached hydrogen (secondary N) is 2. The van der Waals surface area contributed by atoms with Crippen LogP contribution in [-0.4, -0.2) is 18.4 Å². The fraction of sp³-hybridized carbons (Fsp3) is 0.222. The highest BCUT2D eigenvalue weighted by Gasteiger charge is 2.22. The summed E-state index contributed by atoms with van der Waals surface area (Å²) in [5.41, 5.74) is 1.70. The molecule has 2 aromatic carbocycles. The number of carbonyl (C=O) groups excluding carboxylic acids is 2. The van der Waals surface area contributed by atoms with E-state index in [9.17, 15) is 9.59 Å². The van der Waals surface area contributed by atoms with Crippen LogP contribution in [0, 0.1) is 0 Å². The Morgan fingerprint density at radius 3 is 2.74 bits per heavy atom. The van der Waals surface area contributed by atoms with Gasteiger partial charge in [0, 0.05) is 12.1 Å². The molecule has 0 aromatic heterocycles. The first-order valence-electron chi connectivity index (χ1n) is 7.58. The van der Waals surface area contributed by atoms with Gasteiger partial charge in [0.1, 0.15) is 5.75 Å². The van der Waals surface area contributed by atoms with Crippen LogP contribution in [0.25, 0.3) is 0 Å². The van der Waals surface area contributed by atoms with Gasteiger partial charge < -0.3 is 15.4 Å². The molecule has 1 aliphatic rings. The number of rotatable bonds is 5. The third-order valence-corrected chi connectivity index (χ3v) is 3.68. The van der Waals surface area contributed by atoms with Crippen LogP contribution in [0.1, 0.15) is 24.4 Å². The first-order chi connectivity index (χ1) is 11.2. The maximum Gasteiger partial charge on any atom is 0.262 e. The van der Waals surface area contributed by atoms with Gasteiger partial charge in [0.05, 0.1) is 6.04 Å². The van der Waals surface area contributed by atoms with Crippen molar-refractivity contribution in [1.29, 1.82) is 0 Å². The lowest BCUT2D eigenvalue weighted by molar-refractivity contribution is -0.119. The molecule has 2 N–H and O–H groups in total. The molecule has 1 saturated heterocycles. The van der Waals surface area contributed by atoms with Crippen LogP contribution < -0.4 is 15.4 Å². The van der Waals surface area contributed by atoms with Crippen LogP contribution >= 0.6 is 0 Å². The summed E-state index contributed by atoms with van der Waals surface area (Å²) in [6, 6.07) is 16.8. The number of para-hydroxylation sites is 1. The standard InChI is InChI=1S/C18H18N2O3/c21-17-10-9-16(20-17)13-5-4-6-14(11-13)19-18(22)12-23-15-7-2-1-3-8-15/h1-8,11,16H,9-10,12H2,(H,19,22)(H,20,21). The van der Waals surface area contributed by atoms with E-state index < -0.39 is 0 Å². The molecule has 1 atom stereocenters. The van der Waals surface area contributed by atoms with E-state index in [4.69, 9.17) is 4.74 Å². The SMILES string of the molecule is O=C(COc1ccccc1)Nc1cccc(C2CCC(=O)N2)c1. The van der Waals surface area contributed by atoms with Crippen LogP contribution in [-0.2, 0) is 9.59 Å². The second kappa shape index (κ2) is 6.96. The zero-order chi connectivity index (χ0) is 16.1. The van der Waals surface area contributed by atoms with Crippen molar-refractivity contribution in [2.24, 2.45) is 0 Å². The quantitative estimate of drug-likeness (QED) is 0.892. The van der Waals surface area contributed by atoms with Gasteiger partial charge in [-0.1, -0.05) is 30.3 Å². The van der Waals surface area contributed by atoms with Crippen LogP contribution in [0.3, 0.4) is 0 Å². The Morgan fingerprint density at radius 2 is 2.00 bits per heavy atom. The second-order valence-corrected chi connectivity index (χ2v) is 5.43. The summed E-state index contributed by atoms with van der Waals surface area (Å²) in [5, 5.41) is 5.73. The molecule has 0 bridgehead atoms. The minimum absolute atomic E-state index is 0.0277. The van der Waals surface area contributed by atoms with Gasteiger partial charge in [0.15, 0.2) is 6.61 Å². The molecule has 5 heteroatoms. The fourth-order valence-corrected chi connectivity index (χ4v) is 2.56. The predicted octanol–water partition coefficient (Wildman–Crippen LogP) is 2.66. The van der Waals surface area contributed by atoms with Gasteiger partial charge in [0.25, 0.3) is 5.91 Å². The van der Waals surface area contributed by atoms with Crippen LogP contribution in [0.4, 0.5) is 5.69 Å². The van der Waals surface area contributed by atoms with Gasteiger partial charge in [0.2, 0.25) is 5.91 Å². The van der Waals surface area contributed by atoms with E-state index >= 15 is 0 Å². The molecule has 0 spiro atoms. The van der Waals surface area contributed by atoms with Gasteiger partial charge in [-0.25, -0.2) is 0 Å². The molecular weight excluding hydrogens is 292 g/mol. The highest BCUT2D eigenvalue weighted by atomic mass is 16.5. The van der Waals surface area contributed by atoms with Crippen LogP contribution in [0.5, 0.6) is 5.75 Å². The normalized spacial score (nSPS) is 16.7. The zero-order valence-electron chi connectivity index (χ0n) is 12.6. The van der Waals surface area contributed by atoms with Gasteiger partial charge in [-0.2, -0.15) is 0 Å². The van der Waals surface area contributed by atoms with Crippen molar-refractivity contribution in [1.82, 2.24) is 5.32 Å². The largest absolute Gasteiger partial charge is 0.484 e. The predicted molar refractivity (Wildman–Crippen MR) is 87.1 cm³/mol. The van der Waals surface area contributed by atoms with E-state index in [1.165, 1.54) is 0 Å². The average Bonchev–Trinajstić information content (AvgIpc) is 3.01. The molecule has 5 nitrogen and oxygen atoms in total. The lowest BCUT2D eigenvalue weighted by Crippen LogP contribution is -2.21. The highest BCUT2D eigenvalue weighted by Crippen LogP contribution is 2.25. The number of hydrogen-bond acceptors (Lipinski definition) is 3. The molecule has 118 valence electrons. The van der Waals surface area contributed by atoms with Gasteiger partial charge >= 0.3 is 0 Å². The highest BCUT2D eigenvalue weighted by molar-refractivity contribution is 5.92. The summed E-state index contributed by atoms with van der Waals surface area (Å²) < 4.78 is 5.42. The van der Waals surface area contributed by atoms with E-state index in [2.05, 4.69) is 10.6 Å². The minimum atomic E-state index is -0.221. The van der Waals surface area contributed by atoms with E-state index in [1.54, 1.807) is 12.1 Å². The Bertz CT molecular complexity index is 700. The Morgan fingerprint density at radius 1 is 1.17 bits per heavy atom. The minimum Gasteiger partial charge on any atom is -0.484 e. The maximum atomic E-state index is 12.0. The average molecular weight is 310 g/mol. The monoisotopic (exact) mass is 310 g/mol. The smallest absolute Gasteiger partial charge is 0.262 e. The van der Waals surface area contributed by atoms with E-state index in [-0.39, 0.29) is 24.5 Å². The molecule has 23 heavy (non-hydrogen) atoms. The molecule has 3 rings (SSSR count). The molecule has 0 saturated carbocycles. The van der Waals surface area contributed by atoms with E-state index in [0.29, 0.717) is 17.9 Å². The van der Waals surface area contributed by atoms with Gasteiger partial charge in [-0.15, -0.1) is 0 Å². The van der Waals surface area contributed by atoms with Gasteiger partial charge in [-0.3, -0.25) is 9.59 Å². The Hall–Kier alpha value is -2.82. The lowest BCUT2D eigenvalue weighted by Gasteiger charge is -2.13. The van der Waals surface area contributed by atoms with E-state index in [1.807, 2.05) is 42.5 Å². The summed E-state index contributed by atoms with van der Waals surface area (Å²) in [4.78, 5) is 23.3. The molecule has 0 aliphatic carbocycles. The molecule has 1 unspecified atom stereocenters. The summed E-state index contributed by atoms with van der Waals surface area (Å²) >= 11 is 0. The number of ether oxygens (including phenoxy) is 1. The fourth-order valence-electron chi connectivity index (χ4n) is 2.56. The molecule has 0 radical (unpaired) electrons. The van der Waals surface area contributed by atoms with Crippen molar-refractivity contribution < 1.29 is 14.3 Å². The Labute approximate surface area is 134 Å². The summed E-state index contributed by atoms with van der Waals surface area (Å²) in [6.07, 6.45) is 1.33. The van der Waals surface area contributed by atoms with Crippen molar-refractivity contribution in [3.05, 3.63) is 60.2 Å². The van der Waals surface area contributed by atoms with Crippen molar-refractivity contribution in [2.45, 2.75) is 18.9 Å². The summed E-state index contributed by atoms with van der Waals surface area (Å²) in [6.45, 7) is -0.0472. The summed E-state index contributed by atoms with van der Waals surface area (Å²) in [5.74, 6) is 0.507. The first kappa shape index (κ1) is 15.1. The van der Waals surface area contributed by atoms with Crippen molar-refractivity contribution >= 4 is 17.5 Å². The maximum absolute atomic E-state index is 12.0. The topological polar surface area (TPSA) is 67.4 Å². The molecular formula is C18H18N2O3. The number of carbonyl (C=O) groups is 2. The van der Waals surface area contributed by atoms with Crippen LogP contribution in [0.2, 0.25) is 0 Å². The van der Waals surface area contributed by atoms with Gasteiger partial charge in [-0.05, 0) is 36.2 Å². The molecule has 1 aliphatic heterocycles. The molecule has 1 fully saturated rings. The Balaban J connectivity index is 1.57. The number of amides is 2. The Kier molecular flexibility index (Phi) is 4.57. The lowest BCUT2D eigenvalue weighted by atomic mass is 10.0. The summed E-state index contributed by atoms with van der Waals surface area (Å²) in [7, 11) is 0. The van der Waals surface area contributed by atoms with E-state index in [0.717, 1.165) is 12.0 Å². The number of benzene rings is 2. The number of hydrogen-bond donors (Lipinski definition) is 2. The molecule has 2 amide bonds. The zero-order valence-corrected chi connectivity index (χ0v) is 12.6. The van der Waals surface area contributed by atoms with Crippen molar-refractivity contribution in [2.75, 3.05) is 11.9 Å². The third-order valence-electron chi connectivity index (χ3n) is 3.68. The molecule has 1 heterocycles. The number of anilines is 1. The molecule has 2 aromatic rings. The van der Waals surface area contributed by atoms with Crippen molar-refractivity contribution in [3.8, 4) is 5.75 Å². The third kappa shape index (κ3) is 4.10.